The summed E-state index contributed by atoms with van der Waals surface area (Å²) in [7, 11) is 4.00. The molecule has 1 aliphatic heterocycles. The van der Waals surface area contributed by atoms with Crippen LogP contribution < -0.4 is 10.1 Å². The molecule has 0 aromatic heterocycles. The van der Waals surface area contributed by atoms with Crippen molar-refractivity contribution in [2.45, 2.75) is 44.3 Å². The van der Waals surface area contributed by atoms with E-state index in [0.717, 1.165) is 23.8 Å². The smallest absolute Gasteiger partial charge is 0.220 e. The lowest BCUT2D eigenvalue weighted by atomic mass is 10.1. The molecule has 0 spiro atoms. The molecule has 1 aliphatic rings. The van der Waals surface area contributed by atoms with Crippen LogP contribution in [0.1, 0.15) is 37.7 Å². The zero-order chi connectivity index (χ0) is 15.6. The molecule has 22 heavy (non-hydrogen) atoms. The van der Waals surface area contributed by atoms with Crippen molar-refractivity contribution < 1.29 is 9.53 Å². The number of carbonyl (C=O) groups excluding carboxylic acids is 1. The van der Waals surface area contributed by atoms with Crippen molar-refractivity contribution in [1.29, 1.82) is 0 Å². The summed E-state index contributed by atoms with van der Waals surface area (Å²) in [6, 6.07) is 7.96. The van der Waals surface area contributed by atoms with Gasteiger partial charge in [0.05, 0.1) is 6.54 Å². The molecule has 0 radical (unpaired) electrons. The van der Waals surface area contributed by atoms with Crippen LogP contribution in [0.4, 0.5) is 0 Å². The minimum absolute atomic E-state index is 0.140. The molecule has 0 aliphatic carbocycles. The number of benzene rings is 1. The van der Waals surface area contributed by atoms with Gasteiger partial charge in [-0.3, -0.25) is 4.79 Å². The van der Waals surface area contributed by atoms with Crippen molar-refractivity contribution in [3.8, 4) is 5.75 Å². The van der Waals surface area contributed by atoms with Crippen LogP contribution in [0.25, 0.3) is 0 Å². The molecular formula is C17H25NO2S2. The van der Waals surface area contributed by atoms with Crippen molar-refractivity contribution in [1.82, 2.24) is 5.32 Å². The number of nitrogens with one attached hydrogen (secondary N) is 1. The highest BCUT2D eigenvalue weighted by Crippen LogP contribution is 2.39. The van der Waals surface area contributed by atoms with Crippen LogP contribution in [-0.4, -0.2) is 30.1 Å². The lowest BCUT2D eigenvalue weighted by molar-refractivity contribution is -0.121. The molecule has 1 unspecified atom stereocenters. The van der Waals surface area contributed by atoms with Gasteiger partial charge >= 0.3 is 0 Å². The van der Waals surface area contributed by atoms with Crippen LogP contribution in [0.2, 0.25) is 0 Å². The first-order chi connectivity index (χ1) is 10.7. The van der Waals surface area contributed by atoms with Gasteiger partial charge in [-0.1, -0.05) is 40.1 Å². The van der Waals surface area contributed by atoms with Crippen LogP contribution in [-0.2, 0) is 4.79 Å². The number of aryl methyl sites for hydroxylation is 1. The Bertz CT molecular complexity index is 462. The van der Waals surface area contributed by atoms with E-state index in [1.54, 1.807) is 0 Å². The van der Waals surface area contributed by atoms with E-state index >= 15 is 0 Å². The summed E-state index contributed by atoms with van der Waals surface area (Å²) in [4.78, 5) is 11.7. The van der Waals surface area contributed by atoms with Crippen LogP contribution in [0.15, 0.2) is 24.3 Å². The van der Waals surface area contributed by atoms with Crippen molar-refractivity contribution in [2.75, 3.05) is 18.9 Å². The van der Waals surface area contributed by atoms with E-state index in [9.17, 15) is 4.79 Å². The number of unbranched alkanes of at least 4 members (excludes halogenated alkanes) is 1. The topological polar surface area (TPSA) is 38.3 Å². The van der Waals surface area contributed by atoms with E-state index in [-0.39, 0.29) is 5.91 Å². The standard InChI is InChI=1S/C17H25NO2S2/c1-14-5-4-6-15(13-14)20-11-10-18-17(19)8-3-2-7-16-9-12-21-22-16/h4-6,13,16H,2-3,7-12H2,1H3,(H,18,19). The predicted molar refractivity (Wildman–Crippen MR) is 96.6 cm³/mol. The largest absolute Gasteiger partial charge is 0.492 e. The summed E-state index contributed by atoms with van der Waals surface area (Å²) in [5.74, 6) is 2.29. The van der Waals surface area contributed by atoms with E-state index < -0.39 is 0 Å². The van der Waals surface area contributed by atoms with Crippen LogP contribution in [0, 0.1) is 6.92 Å². The first-order valence-electron chi connectivity index (χ1n) is 7.98. The highest BCUT2D eigenvalue weighted by Gasteiger charge is 2.15. The van der Waals surface area contributed by atoms with Crippen molar-refractivity contribution in [3.05, 3.63) is 29.8 Å². The molecule has 1 heterocycles. The van der Waals surface area contributed by atoms with Crippen LogP contribution in [0.5, 0.6) is 5.75 Å². The van der Waals surface area contributed by atoms with Crippen molar-refractivity contribution >= 4 is 27.5 Å². The second kappa shape index (κ2) is 10.1. The Morgan fingerprint density at radius 2 is 2.32 bits per heavy atom. The fraction of sp³-hybridized carbons (Fsp3) is 0.588. The Morgan fingerprint density at radius 1 is 1.41 bits per heavy atom. The molecule has 0 bridgehead atoms. The maximum absolute atomic E-state index is 11.7. The fourth-order valence-electron chi connectivity index (χ4n) is 2.37. The number of hydrogen-bond acceptors (Lipinski definition) is 4. The molecule has 3 nitrogen and oxygen atoms in total. The quantitative estimate of drug-likeness (QED) is 0.540. The lowest BCUT2D eigenvalue weighted by Gasteiger charge is -2.09. The molecule has 1 aromatic carbocycles. The zero-order valence-corrected chi connectivity index (χ0v) is 14.8. The Kier molecular flexibility index (Phi) is 8.02. The number of ether oxygens (including phenoxy) is 1. The van der Waals surface area contributed by atoms with Gasteiger partial charge < -0.3 is 10.1 Å². The Balaban J connectivity index is 1.47. The highest BCUT2D eigenvalue weighted by molar-refractivity contribution is 8.77. The fourth-order valence-corrected chi connectivity index (χ4v) is 5.40. The van der Waals surface area contributed by atoms with Crippen LogP contribution in [0.3, 0.4) is 0 Å². The van der Waals surface area contributed by atoms with Gasteiger partial charge in [0.15, 0.2) is 0 Å². The first-order valence-corrected chi connectivity index (χ1v) is 10.4. The molecule has 1 amide bonds. The van der Waals surface area contributed by atoms with E-state index in [4.69, 9.17) is 4.74 Å². The number of amides is 1. The average molecular weight is 340 g/mol. The monoisotopic (exact) mass is 339 g/mol. The van der Waals surface area contributed by atoms with Gasteiger partial charge in [-0.25, -0.2) is 0 Å². The van der Waals surface area contributed by atoms with Gasteiger partial charge in [0.25, 0.3) is 0 Å². The second-order valence-corrected chi connectivity index (χ2v) is 8.38. The minimum Gasteiger partial charge on any atom is -0.492 e. The molecule has 1 fully saturated rings. The van der Waals surface area contributed by atoms with Crippen LogP contribution >= 0.6 is 21.6 Å². The average Bonchev–Trinajstić information content (AvgIpc) is 3.02. The summed E-state index contributed by atoms with van der Waals surface area (Å²) in [5, 5.41) is 3.74. The SMILES string of the molecule is Cc1cccc(OCCNC(=O)CCCCC2CCSS2)c1. The van der Waals surface area contributed by atoms with E-state index in [1.165, 1.54) is 24.2 Å². The van der Waals surface area contributed by atoms with Gasteiger partial charge in [0, 0.05) is 17.4 Å². The van der Waals surface area contributed by atoms with Gasteiger partial charge in [-0.2, -0.15) is 0 Å². The summed E-state index contributed by atoms with van der Waals surface area (Å²) in [6.45, 7) is 3.13. The van der Waals surface area contributed by atoms with E-state index in [2.05, 4.69) is 5.32 Å². The summed E-state index contributed by atoms with van der Waals surface area (Å²) in [6.07, 6.45) is 5.37. The van der Waals surface area contributed by atoms with Gasteiger partial charge in [0.2, 0.25) is 5.91 Å². The molecule has 1 atom stereocenters. The maximum atomic E-state index is 11.7. The van der Waals surface area contributed by atoms with E-state index in [1.807, 2.05) is 52.8 Å². The summed E-state index contributed by atoms with van der Waals surface area (Å²) >= 11 is 0. The van der Waals surface area contributed by atoms with Gasteiger partial charge in [-0.15, -0.1) is 0 Å². The first kappa shape index (κ1) is 17.5. The Morgan fingerprint density at radius 3 is 3.09 bits per heavy atom. The summed E-state index contributed by atoms with van der Waals surface area (Å²) < 4.78 is 5.61. The van der Waals surface area contributed by atoms with E-state index in [0.29, 0.717) is 19.6 Å². The Labute approximate surface area is 141 Å². The molecule has 1 saturated heterocycles. The Hall–Kier alpha value is -0.810. The third-order valence-corrected chi connectivity index (χ3v) is 6.60. The molecule has 0 saturated carbocycles. The lowest BCUT2D eigenvalue weighted by Crippen LogP contribution is -2.27. The third-order valence-electron chi connectivity index (χ3n) is 3.59. The molecular weight excluding hydrogens is 314 g/mol. The van der Waals surface area contributed by atoms with Crippen molar-refractivity contribution in [2.24, 2.45) is 0 Å². The number of carbonyl (C=O) groups is 1. The predicted octanol–water partition coefficient (Wildman–Crippen LogP) is 4.20. The van der Waals surface area contributed by atoms with Gasteiger partial charge in [0.1, 0.15) is 12.4 Å². The molecule has 122 valence electrons. The molecule has 1 N–H and O–H groups in total. The van der Waals surface area contributed by atoms with Gasteiger partial charge in [-0.05, 0) is 43.9 Å². The zero-order valence-electron chi connectivity index (χ0n) is 13.2. The number of hydrogen-bond donors (Lipinski definition) is 1. The third kappa shape index (κ3) is 6.97. The molecule has 1 aromatic rings. The minimum atomic E-state index is 0.140. The second-order valence-electron chi connectivity index (χ2n) is 5.59. The molecule has 2 rings (SSSR count). The number of rotatable bonds is 9. The maximum Gasteiger partial charge on any atom is 0.220 e. The molecule has 5 heteroatoms. The normalized spacial score (nSPS) is 17.4. The summed E-state index contributed by atoms with van der Waals surface area (Å²) in [5.41, 5.74) is 1.18. The highest BCUT2D eigenvalue weighted by atomic mass is 33.1. The van der Waals surface area contributed by atoms with Crippen molar-refractivity contribution in [3.63, 3.8) is 0 Å².